The minimum absolute atomic E-state index is 0.253. The lowest BCUT2D eigenvalue weighted by Gasteiger charge is -2.41. The molecule has 2 fully saturated rings. The number of carbonyl (C=O) groups is 1. The van der Waals surface area contributed by atoms with Crippen LogP contribution in [-0.4, -0.2) is 51.3 Å². The molecule has 0 unspecified atom stereocenters. The van der Waals surface area contributed by atoms with Gasteiger partial charge in [-0.15, -0.1) is 0 Å². The molecule has 8 nitrogen and oxygen atoms in total. The normalized spacial score (nSPS) is 19.1. The van der Waals surface area contributed by atoms with Crippen LogP contribution in [0, 0.1) is 19.3 Å². The maximum atomic E-state index is 12.8. The number of benzene rings is 1. The fourth-order valence-electron chi connectivity index (χ4n) is 6.80. The number of fused-ring (bicyclic) bond motifs is 1. The third kappa shape index (κ3) is 6.32. The Morgan fingerprint density at radius 2 is 1.73 bits per heavy atom. The van der Waals surface area contributed by atoms with E-state index in [1.807, 2.05) is 27.7 Å². The van der Waals surface area contributed by atoms with E-state index < -0.39 is 17.7 Å². The van der Waals surface area contributed by atoms with Gasteiger partial charge in [0.15, 0.2) is 6.10 Å². The topological polar surface area (TPSA) is 91.7 Å². The van der Waals surface area contributed by atoms with Crippen LogP contribution in [0.2, 0.25) is 0 Å². The van der Waals surface area contributed by atoms with Crippen LogP contribution in [0.4, 0.5) is 11.5 Å². The molecule has 0 spiro atoms. The molecule has 1 saturated heterocycles. The molecule has 234 valence electrons. The lowest BCUT2D eigenvalue weighted by molar-refractivity contribution is -0.160. The molecule has 2 aromatic heterocycles. The lowest BCUT2D eigenvalue weighted by Crippen LogP contribution is -2.39. The number of hydrogen-bond acceptors (Lipinski definition) is 7. The van der Waals surface area contributed by atoms with E-state index in [0.717, 1.165) is 79.5 Å². The van der Waals surface area contributed by atoms with Gasteiger partial charge in [0.25, 0.3) is 0 Å². The second kappa shape index (κ2) is 11.4. The van der Waals surface area contributed by atoms with Crippen LogP contribution in [0.3, 0.4) is 0 Å². The lowest BCUT2D eigenvalue weighted by atomic mass is 9.81. The number of ether oxygens (including phenoxy) is 1. The predicted octanol–water partition coefficient (Wildman–Crippen LogP) is 7.16. The Morgan fingerprint density at radius 3 is 2.39 bits per heavy atom. The summed E-state index contributed by atoms with van der Waals surface area (Å²) in [5.74, 6) is 0.620. The molecule has 4 heterocycles. The van der Waals surface area contributed by atoms with Crippen molar-refractivity contribution >= 4 is 17.5 Å². The molecule has 1 aromatic carbocycles. The summed E-state index contributed by atoms with van der Waals surface area (Å²) >= 11 is 0. The first-order chi connectivity index (χ1) is 20.8. The van der Waals surface area contributed by atoms with E-state index in [-0.39, 0.29) is 5.41 Å². The van der Waals surface area contributed by atoms with Gasteiger partial charge in [-0.1, -0.05) is 32.0 Å². The van der Waals surface area contributed by atoms with Gasteiger partial charge >= 0.3 is 5.97 Å². The highest BCUT2D eigenvalue weighted by Gasteiger charge is 2.37. The predicted molar refractivity (Wildman–Crippen MR) is 174 cm³/mol. The zero-order valence-corrected chi connectivity index (χ0v) is 27.4. The second-order valence-electron chi connectivity index (χ2n) is 14.8. The number of rotatable bonds is 7. The van der Waals surface area contributed by atoms with Gasteiger partial charge in [0.05, 0.1) is 11.3 Å². The number of hydrogen-bond donors (Lipinski definition) is 1. The smallest absolute Gasteiger partial charge is 0.337 e. The molecule has 0 radical (unpaired) electrons. The first-order valence-corrected chi connectivity index (χ1v) is 16.2. The van der Waals surface area contributed by atoms with Crippen LogP contribution in [0.15, 0.2) is 30.6 Å². The standard InChI is InChI=1S/C36H47N5O3/c1-22-30(26-10-11-27-20-41(15-12-25(27)18-26)29-19-28(24-8-9-24)37-21-38-29)32(40-16-13-36(6,7)14-17-40)31(23(2)39-22)33(34(42)43)44-35(3,4)5/h10-11,18-19,21,24,33H,8-9,12-17,20H2,1-7H3,(H,42,43)/t33-/m0/s1. The first-order valence-electron chi connectivity index (χ1n) is 16.2. The molecule has 1 atom stereocenters. The van der Waals surface area contributed by atoms with Crippen molar-refractivity contribution in [2.75, 3.05) is 29.4 Å². The van der Waals surface area contributed by atoms with E-state index in [2.05, 4.69) is 64.8 Å². The number of nitrogens with zero attached hydrogens (tertiary/aromatic N) is 5. The fourth-order valence-corrected chi connectivity index (χ4v) is 6.80. The van der Waals surface area contributed by atoms with E-state index in [9.17, 15) is 9.90 Å². The molecule has 6 rings (SSSR count). The van der Waals surface area contributed by atoms with Crippen LogP contribution in [0.5, 0.6) is 0 Å². The zero-order chi connectivity index (χ0) is 31.4. The van der Waals surface area contributed by atoms with Crippen molar-refractivity contribution in [3.63, 3.8) is 0 Å². The maximum absolute atomic E-state index is 12.8. The molecular formula is C36H47N5O3. The Morgan fingerprint density at radius 1 is 1.00 bits per heavy atom. The van der Waals surface area contributed by atoms with Gasteiger partial charge in [-0.05, 0) is 88.8 Å². The Labute approximate surface area is 261 Å². The first kappa shape index (κ1) is 30.5. The Hall–Kier alpha value is -3.52. The van der Waals surface area contributed by atoms with Crippen LogP contribution in [0.1, 0.15) is 106 Å². The number of anilines is 2. The second-order valence-corrected chi connectivity index (χ2v) is 14.8. The van der Waals surface area contributed by atoms with Crippen LogP contribution in [0.25, 0.3) is 11.1 Å². The molecule has 3 aliphatic rings. The van der Waals surface area contributed by atoms with Gasteiger partial charge in [-0.25, -0.2) is 14.8 Å². The average molecular weight is 598 g/mol. The van der Waals surface area contributed by atoms with Crippen molar-refractivity contribution in [1.29, 1.82) is 0 Å². The van der Waals surface area contributed by atoms with E-state index in [1.165, 1.54) is 24.0 Å². The van der Waals surface area contributed by atoms with Gasteiger partial charge in [-0.3, -0.25) is 4.98 Å². The van der Waals surface area contributed by atoms with E-state index >= 15 is 0 Å². The van der Waals surface area contributed by atoms with Crippen LogP contribution < -0.4 is 9.80 Å². The SMILES string of the molecule is Cc1nc(C)c([C@H](OC(C)(C)C)C(=O)O)c(N2CCC(C)(C)CC2)c1-c1ccc2c(c1)CCN(c1cc(C3CC3)ncn1)C2. The summed E-state index contributed by atoms with van der Waals surface area (Å²) in [7, 11) is 0. The molecule has 8 heteroatoms. The average Bonchev–Trinajstić information content (AvgIpc) is 3.81. The quantitative estimate of drug-likeness (QED) is 0.307. The molecule has 0 amide bonds. The van der Waals surface area contributed by atoms with Crippen molar-refractivity contribution in [3.8, 4) is 11.1 Å². The third-order valence-electron chi connectivity index (χ3n) is 9.47. The van der Waals surface area contributed by atoms with E-state index in [0.29, 0.717) is 17.2 Å². The van der Waals surface area contributed by atoms with E-state index in [4.69, 9.17) is 9.72 Å². The van der Waals surface area contributed by atoms with Gasteiger partial charge in [0, 0.05) is 66.4 Å². The summed E-state index contributed by atoms with van der Waals surface area (Å²) in [5.41, 5.74) is 8.77. The van der Waals surface area contributed by atoms with Crippen LogP contribution in [-0.2, 0) is 22.5 Å². The monoisotopic (exact) mass is 597 g/mol. The number of aliphatic carboxylic acids is 1. The number of aryl methyl sites for hydroxylation is 2. The number of piperidine rings is 1. The summed E-state index contributed by atoms with van der Waals surface area (Å²) < 4.78 is 6.26. The molecule has 0 bridgehead atoms. The summed E-state index contributed by atoms with van der Waals surface area (Å²) in [4.78, 5) is 31.7. The van der Waals surface area contributed by atoms with Gasteiger partial charge in [0.2, 0.25) is 0 Å². The largest absolute Gasteiger partial charge is 0.479 e. The van der Waals surface area contributed by atoms with Crippen molar-refractivity contribution < 1.29 is 14.6 Å². The molecule has 1 N–H and O–H groups in total. The van der Waals surface area contributed by atoms with Gasteiger partial charge in [0.1, 0.15) is 12.1 Å². The highest BCUT2D eigenvalue weighted by atomic mass is 16.5. The van der Waals surface area contributed by atoms with Crippen molar-refractivity contribution in [2.45, 2.75) is 105 Å². The molecule has 1 saturated carbocycles. The van der Waals surface area contributed by atoms with Crippen LogP contribution >= 0.6 is 0 Å². The van der Waals surface area contributed by atoms with Gasteiger partial charge < -0.3 is 19.6 Å². The Kier molecular flexibility index (Phi) is 7.93. The van der Waals surface area contributed by atoms with Gasteiger partial charge in [-0.2, -0.15) is 0 Å². The number of carboxylic acids is 1. The Bertz CT molecular complexity index is 1560. The molecule has 3 aromatic rings. The summed E-state index contributed by atoms with van der Waals surface area (Å²) in [6.07, 6.45) is 6.03. The number of aromatic nitrogens is 3. The maximum Gasteiger partial charge on any atom is 0.337 e. The zero-order valence-electron chi connectivity index (χ0n) is 27.4. The minimum atomic E-state index is -1.12. The molecular weight excluding hydrogens is 550 g/mol. The Balaban J connectivity index is 1.41. The van der Waals surface area contributed by atoms with Crippen molar-refractivity contribution in [1.82, 2.24) is 15.0 Å². The number of carboxylic acid groups (broad SMARTS) is 1. The number of pyridine rings is 1. The van der Waals surface area contributed by atoms with E-state index in [1.54, 1.807) is 6.33 Å². The molecule has 1 aliphatic carbocycles. The fraction of sp³-hybridized carbons (Fsp3) is 0.556. The summed E-state index contributed by atoms with van der Waals surface area (Å²) in [5, 5.41) is 10.5. The summed E-state index contributed by atoms with van der Waals surface area (Å²) in [6.45, 7) is 17.8. The van der Waals surface area contributed by atoms with Crippen molar-refractivity contribution in [3.05, 3.63) is 64.4 Å². The molecule has 2 aliphatic heterocycles. The molecule has 44 heavy (non-hydrogen) atoms. The highest BCUT2D eigenvalue weighted by molar-refractivity contribution is 5.88. The van der Waals surface area contributed by atoms with Crippen molar-refractivity contribution in [2.24, 2.45) is 5.41 Å². The highest BCUT2D eigenvalue weighted by Crippen LogP contribution is 2.45. The summed E-state index contributed by atoms with van der Waals surface area (Å²) in [6, 6.07) is 8.91. The minimum Gasteiger partial charge on any atom is -0.479 e. The third-order valence-corrected chi connectivity index (χ3v) is 9.47.